The van der Waals surface area contributed by atoms with Crippen LogP contribution in [0.4, 0.5) is 5.13 Å². The van der Waals surface area contributed by atoms with Crippen molar-refractivity contribution in [2.45, 2.75) is 38.8 Å². The normalized spacial score (nSPS) is 28.8. The molecule has 0 bridgehead atoms. The predicted molar refractivity (Wildman–Crippen MR) is 79.2 cm³/mol. The number of anilines is 1. The fourth-order valence-electron chi connectivity index (χ4n) is 2.34. The molecule has 1 aliphatic rings. The lowest BCUT2D eigenvalue weighted by atomic mass is 9.54. The summed E-state index contributed by atoms with van der Waals surface area (Å²) in [6, 6.07) is 0. The summed E-state index contributed by atoms with van der Waals surface area (Å²) in [5, 5.41) is 3.33. The van der Waals surface area contributed by atoms with Gasteiger partial charge in [-0.1, -0.05) is 25.2 Å². The van der Waals surface area contributed by atoms with E-state index in [1.807, 2.05) is 20.8 Å². The first-order chi connectivity index (χ1) is 8.81. The zero-order valence-electron chi connectivity index (χ0n) is 11.2. The van der Waals surface area contributed by atoms with Crippen LogP contribution in [0.25, 0.3) is 0 Å². The van der Waals surface area contributed by atoms with Crippen LogP contribution in [0.5, 0.6) is 0 Å². The van der Waals surface area contributed by atoms with Gasteiger partial charge in [-0.15, -0.1) is 0 Å². The second-order valence-corrected chi connectivity index (χ2v) is 7.67. The molecule has 0 radical (unpaired) electrons. The van der Waals surface area contributed by atoms with Gasteiger partial charge < -0.3 is 15.8 Å². The van der Waals surface area contributed by atoms with Crippen LogP contribution in [0.3, 0.4) is 0 Å². The molecule has 0 spiro atoms. The minimum absolute atomic E-state index is 0.0243. The number of carbonyl (C=O) groups is 1. The summed E-state index contributed by atoms with van der Waals surface area (Å²) in [6.07, 6.45) is 2.21. The van der Waals surface area contributed by atoms with E-state index in [9.17, 15) is 4.79 Å². The summed E-state index contributed by atoms with van der Waals surface area (Å²) >= 11 is 4.67. The summed E-state index contributed by atoms with van der Waals surface area (Å²) in [5.41, 5.74) is 4.97. The Balaban J connectivity index is 2.07. The molecule has 1 heterocycles. The fourth-order valence-corrected chi connectivity index (χ4v) is 3.44. The number of amides is 1. The second kappa shape index (κ2) is 5.12. The highest BCUT2D eigenvalue weighted by molar-refractivity contribution is 9.11. The number of rotatable bonds is 4. The Morgan fingerprint density at radius 1 is 1.74 bits per heavy atom. The number of aromatic nitrogens is 1. The molecule has 7 heteroatoms. The summed E-state index contributed by atoms with van der Waals surface area (Å²) < 4.78 is 6.48. The smallest absolute Gasteiger partial charge is 0.246 e. The highest BCUT2D eigenvalue weighted by Crippen LogP contribution is 2.50. The van der Waals surface area contributed by atoms with Crippen molar-refractivity contribution in [2.24, 2.45) is 11.1 Å². The predicted octanol–water partition coefficient (Wildman–Crippen LogP) is 2.38. The lowest BCUT2D eigenvalue weighted by Gasteiger charge is -2.57. The van der Waals surface area contributed by atoms with Crippen molar-refractivity contribution in [1.29, 1.82) is 0 Å². The molecule has 2 atom stereocenters. The first kappa shape index (κ1) is 14.9. The fraction of sp³-hybridized carbons (Fsp3) is 0.667. The molecule has 1 aromatic heterocycles. The van der Waals surface area contributed by atoms with E-state index in [0.717, 1.165) is 3.79 Å². The van der Waals surface area contributed by atoms with Crippen molar-refractivity contribution in [3.8, 4) is 0 Å². The van der Waals surface area contributed by atoms with Crippen molar-refractivity contribution in [3.63, 3.8) is 0 Å². The van der Waals surface area contributed by atoms with Gasteiger partial charge in [-0.05, 0) is 22.9 Å². The molecule has 1 fully saturated rings. The van der Waals surface area contributed by atoms with Crippen molar-refractivity contribution in [1.82, 2.24) is 4.98 Å². The zero-order chi connectivity index (χ0) is 14.3. The first-order valence-electron chi connectivity index (χ1n) is 6.14. The van der Waals surface area contributed by atoms with Crippen LogP contribution in [0, 0.1) is 5.41 Å². The molecule has 1 amide bonds. The van der Waals surface area contributed by atoms with Gasteiger partial charge >= 0.3 is 0 Å². The number of nitrogens with one attached hydrogen (secondary N) is 1. The third kappa shape index (κ3) is 2.44. The van der Waals surface area contributed by atoms with Crippen LogP contribution in [-0.4, -0.2) is 29.1 Å². The number of nitrogens with two attached hydrogens (primary N) is 1. The van der Waals surface area contributed by atoms with E-state index in [4.69, 9.17) is 10.5 Å². The van der Waals surface area contributed by atoms with Crippen molar-refractivity contribution >= 4 is 38.3 Å². The molecule has 0 saturated heterocycles. The van der Waals surface area contributed by atoms with E-state index in [1.54, 1.807) is 6.20 Å². The molecule has 5 nitrogen and oxygen atoms in total. The average Bonchev–Trinajstić information content (AvgIpc) is 2.74. The Morgan fingerprint density at radius 3 is 2.89 bits per heavy atom. The van der Waals surface area contributed by atoms with Crippen LogP contribution >= 0.6 is 27.3 Å². The standard InChI is InChI=1S/C12H18BrN3O2S/c1-4-18-7-5-12(14,11(7,2)3)9(17)16-10-15-6-8(13)19-10/h6-7H,4-5,14H2,1-3H3,(H,15,16,17). The number of halogens is 1. The zero-order valence-corrected chi connectivity index (χ0v) is 13.6. The van der Waals surface area contributed by atoms with Gasteiger partial charge in [0.05, 0.1) is 16.1 Å². The summed E-state index contributed by atoms with van der Waals surface area (Å²) in [4.78, 5) is 16.4. The third-order valence-corrected chi connectivity index (χ3v) is 5.32. The third-order valence-electron chi connectivity index (χ3n) is 3.93. The molecule has 0 aliphatic heterocycles. The minimum Gasteiger partial charge on any atom is -0.378 e. The molecule has 1 saturated carbocycles. The van der Waals surface area contributed by atoms with Gasteiger partial charge in [-0.2, -0.15) is 0 Å². The van der Waals surface area contributed by atoms with E-state index in [1.165, 1.54) is 11.3 Å². The molecule has 1 aliphatic carbocycles. The summed E-state index contributed by atoms with van der Waals surface area (Å²) in [5.74, 6) is -0.199. The van der Waals surface area contributed by atoms with Gasteiger partial charge in [0.2, 0.25) is 5.91 Å². The SMILES string of the molecule is CCOC1CC(N)(C(=O)Nc2ncc(Br)s2)C1(C)C. The van der Waals surface area contributed by atoms with Gasteiger partial charge in [0.1, 0.15) is 5.54 Å². The quantitative estimate of drug-likeness (QED) is 0.876. The number of nitrogens with zero attached hydrogens (tertiary/aromatic N) is 1. The van der Waals surface area contributed by atoms with Crippen molar-refractivity contribution in [2.75, 3.05) is 11.9 Å². The highest BCUT2D eigenvalue weighted by atomic mass is 79.9. The van der Waals surface area contributed by atoms with Crippen LogP contribution in [-0.2, 0) is 9.53 Å². The molecule has 106 valence electrons. The highest BCUT2D eigenvalue weighted by Gasteiger charge is 2.62. The molecule has 1 aromatic rings. The van der Waals surface area contributed by atoms with Crippen molar-refractivity contribution < 1.29 is 9.53 Å². The molecule has 19 heavy (non-hydrogen) atoms. The topological polar surface area (TPSA) is 77.2 Å². The first-order valence-corrected chi connectivity index (χ1v) is 7.75. The molecular weight excluding hydrogens is 330 g/mol. The Morgan fingerprint density at radius 2 is 2.42 bits per heavy atom. The average molecular weight is 348 g/mol. The van der Waals surface area contributed by atoms with E-state index < -0.39 is 5.54 Å². The lowest BCUT2D eigenvalue weighted by molar-refractivity contribution is -0.166. The Hall–Kier alpha value is -0.500. The van der Waals surface area contributed by atoms with Crippen LogP contribution in [0.15, 0.2) is 9.98 Å². The minimum atomic E-state index is -0.912. The maximum Gasteiger partial charge on any atom is 0.246 e. The largest absolute Gasteiger partial charge is 0.378 e. The second-order valence-electron chi connectivity index (χ2n) is 5.26. The Bertz CT molecular complexity index is 491. The molecule has 2 rings (SSSR count). The van der Waals surface area contributed by atoms with E-state index in [0.29, 0.717) is 18.2 Å². The van der Waals surface area contributed by atoms with E-state index in [-0.39, 0.29) is 17.4 Å². The van der Waals surface area contributed by atoms with Crippen LogP contribution in [0.2, 0.25) is 0 Å². The van der Waals surface area contributed by atoms with Gasteiger partial charge in [0.15, 0.2) is 5.13 Å². The molecular formula is C12H18BrN3O2S. The van der Waals surface area contributed by atoms with Gasteiger partial charge in [-0.3, -0.25) is 4.79 Å². The number of hydrogen-bond acceptors (Lipinski definition) is 5. The van der Waals surface area contributed by atoms with Gasteiger partial charge in [0, 0.05) is 18.4 Å². The van der Waals surface area contributed by atoms with Gasteiger partial charge in [-0.25, -0.2) is 4.98 Å². The molecule has 0 aromatic carbocycles. The monoisotopic (exact) mass is 347 g/mol. The number of thiazole rings is 1. The number of carbonyl (C=O) groups excluding carboxylic acids is 1. The number of ether oxygens (including phenoxy) is 1. The molecule has 3 N–H and O–H groups in total. The van der Waals surface area contributed by atoms with E-state index in [2.05, 4.69) is 26.2 Å². The van der Waals surface area contributed by atoms with Crippen LogP contribution in [0.1, 0.15) is 27.2 Å². The van der Waals surface area contributed by atoms with Gasteiger partial charge in [0.25, 0.3) is 0 Å². The van der Waals surface area contributed by atoms with Crippen molar-refractivity contribution in [3.05, 3.63) is 9.98 Å². The summed E-state index contributed by atoms with van der Waals surface area (Å²) in [7, 11) is 0. The summed E-state index contributed by atoms with van der Waals surface area (Å²) in [6.45, 7) is 6.51. The maximum absolute atomic E-state index is 12.4. The Labute approximate surface area is 125 Å². The maximum atomic E-state index is 12.4. The number of hydrogen-bond donors (Lipinski definition) is 2. The van der Waals surface area contributed by atoms with Crippen LogP contribution < -0.4 is 11.1 Å². The Kier molecular flexibility index (Phi) is 4.02. The lowest BCUT2D eigenvalue weighted by Crippen LogP contribution is -2.74. The molecule has 2 unspecified atom stereocenters. The van der Waals surface area contributed by atoms with E-state index >= 15 is 0 Å².